The Balaban J connectivity index is 2.03. The first kappa shape index (κ1) is 14.1. The van der Waals surface area contributed by atoms with E-state index in [9.17, 15) is 4.79 Å². The molecule has 0 bridgehead atoms. The minimum atomic E-state index is 0.00616. The van der Waals surface area contributed by atoms with Crippen molar-refractivity contribution in [1.82, 2.24) is 10.2 Å². The van der Waals surface area contributed by atoms with Crippen molar-refractivity contribution in [3.63, 3.8) is 0 Å². The highest BCUT2D eigenvalue weighted by Gasteiger charge is 2.26. The van der Waals surface area contributed by atoms with Gasteiger partial charge < -0.3 is 10.2 Å². The van der Waals surface area contributed by atoms with Gasteiger partial charge in [0.1, 0.15) is 0 Å². The zero-order valence-corrected chi connectivity index (χ0v) is 12.1. The summed E-state index contributed by atoms with van der Waals surface area (Å²) in [6, 6.07) is 8.55. The lowest BCUT2D eigenvalue weighted by atomic mass is 10.0. The van der Waals surface area contributed by atoms with Crippen molar-refractivity contribution in [2.45, 2.75) is 45.2 Å². The van der Waals surface area contributed by atoms with Crippen molar-refractivity contribution in [2.24, 2.45) is 0 Å². The predicted octanol–water partition coefficient (Wildman–Crippen LogP) is 2.66. The summed E-state index contributed by atoms with van der Waals surface area (Å²) in [7, 11) is 1.91. The normalized spacial score (nSPS) is 20.9. The van der Waals surface area contributed by atoms with E-state index in [0.29, 0.717) is 0 Å². The molecule has 1 aliphatic rings. The van der Waals surface area contributed by atoms with Crippen LogP contribution in [0.3, 0.4) is 0 Å². The third kappa shape index (κ3) is 3.35. The highest BCUT2D eigenvalue weighted by Crippen LogP contribution is 2.21. The van der Waals surface area contributed by atoms with Crippen LogP contribution in [0.5, 0.6) is 0 Å². The molecule has 0 saturated carbocycles. The van der Waals surface area contributed by atoms with Crippen molar-refractivity contribution in [2.75, 3.05) is 13.6 Å². The first-order valence-electron chi connectivity index (χ1n) is 7.16. The molecule has 104 valence electrons. The number of nitrogens with zero attached hydrogens (tertiary/aromatic N) is 1. The van der Waals surface area contributed by atoms with Crippen LogP contribution in [0.2, 0.25) is 0 Å². The number of aryl methyl sites for hydroxylation is 1. The van der Waals surface area contributed by atoms with E-state index in [2.05, 4.69) is 43.4 Å². The van der Waals surface area contributed by atoms with Gasteiger partial charge in [-0.05, 0) is 38.8 Å². The van der Waals surface area contributed by atoms with E-state index in [1.54, 1.807) is 0 Å². The maximum Gasteiger partial charge on any atom is 0.239 e. The number of benzene rings is 1. The summed E-state index contributed by atoms with van der Waals surface area (Å²) in [5, 5.41) is 3.32. The average molecular weight is 260 g/mol. The van der Waals surface area contributed by atoms with Gasteiger partial charge in [-0.1, -0.05) is 36.2 Å². The molecule has 3 heteroatoms. The van der Waals surface area contributed by atoms with Gasteiger partial charge in [0.25, 0.3) is 0 Å². The second-order valence-corrected chi connectivity index (χ2v) is 5.54. The van der Waals surface area contributed by atoms with E-state index in [0.717, 1.165) is 19.4 Å². The number of piperidine rings is 1. The fraction of sp³-hybridized carbons (Fsp3) is 0.562. The van der Waals surface area contributed by atoms with Crippen molar-refractivity contribution in [1.29, 1.82) is 0 Å². The molecule has 0 radical (unpaired) electrons. The maximum atomic E-state index is 12.4. The van der Waals surface area contributed by atoms with Crippen molar-refractivity contribution >= 4 is 5.91 Å². The van der Waals surface area contributed by atoms with Gasteiger partial charge in [0, 0.05) is 7.05 Å². The van der Waals surface area contributed by atoms with E-state index in [-0.39, 0.29) is 18.0 Å². The lowest BCUT2D eigenvalue weighted by Gasteiger charge is -2.31. The molecule has 0 aliphatic carbocycles. The number of nitrogens with one attached hydrogen (secondary N) is 1. The summed E-state index contributed by atoms with van der Waals surface area (Å²) in [6.45, 7) is 5.13. The topological polar surface area (TPSA) is 32.3 Å². The molecule has 19 heavy (non-hydrogen) atoms. The number of hydrogen-bond acceptors (Lipinski definition) is 2. The minimum absolute atomic E-state index is 0.00616. The van der Waals surface area contributed by atoms with E-state index in [4.69, 9.17) is 0 Å². The first-order chi connectivity index (χ1) is 9.09. The molecule has 1 saturated heterocycles. The molecule has 3 nitrogen and oxygen atoms in total. The van der Waals surface area contributed by atoms with Gasteiger partial charge in [0.05, 0.1) is 12.1 Å². The quantitative estimate of drug-likeness (QED) is 0.906. The second kappa shape index (κ2) is 6.20. The van der Waals surface area contributed by atoms with E-state index < -0.39 is 0 Å². The third-order valence-electron chi connectivity index (χ3n) is 4.10. The van der Waals surface area contributed by atoms with Crippen molar-refractivity contribution in [3.8, 4) is 0 Å². The Morgan fingerprint density at radius 1 is 1.32 bits per heavy atom. The summed E-state index contributed by atoms with van der Waals surface area (Å²) in [4.78, 5) is 14.3. The Bertz CT molecular complexity index is 421. The molecule has 2 rings (SSSR count). The minimum Gasteiger partial charge on any atom is -0.338 e. The molecule has 1 aromatic rings. The number of amides is 1. The fourth-order valence-electron chi connectivity index (χ4n) is 2.57. The monoisotopic (exact) mass is 260 g/mol. The Kier molecular flexibility index (Phi) is 4.59. The first-order valence-corrected chi connectivity index (χ1v) is 7.16. The maximum absolute atomic E-state index is 12.4. The standard InChI is InChI=1S/C16H24N2O/c1-12-7-9-14(10-8-12)13(2)18(3)16(19)15-6-4-5-11-17-15/h7-10,13,15,17H,4-6,11H2,1-3H3. The van der Waals surface area contributed by atoms with E-state index >= 15 is 0 Å². The van der Waals surface area contributed by atoms with Gasteiger partial charge >= 0.3 is 0 Å². The highest BCUT2D eigenvalue weighted by molar-refractivity contribution is 5.82. The number of carbonyl (C=O) groups is 1. The summed E-state index contributed by atoms with van der Waals surface area (Å²) in [6.07, 6.45) is 3.29. The average Bonchev–Trinajstić information content (AvgIpc) is 2.46. The molecule has 1 N–H and O–H groups in total. The molecular weight excluding hydrogens is 236 g/mol. The zero-order chi connectivity index (χ0) is 13.8. The van der Waals surface area contributed by atoms with Crippen LogP contribution in [0.15, 0.2) is 24.3 Å². The number of carbonyl (C=O) groups excluding carboxylic acids is 1. The molecular formula is C16H24N2O. The summed E-state index contributed by atoms with van der Waals surface area (Å²) >= 11 is 0. The summed E-state index contributed by atoms with van der Waals surface area (Å²) in [5.41, 5.74) is 2.44. The van der Waals surface area contributed by atoms with Gasteiger partial charge in [-0.3, -0.25) is 4.79 Å². The number of likely N-dealkylation sites (N-methyl/N-ethyl adjacent to an activating group) is 1. The van der Waals surface area contributed by atoms with Crippen molar-refractivity contribution < 1.29 is 4.79 Å². The van der Waals surface area contributed by atoms with Crippen LogP contribution in [0.4, 0.5) is 0 Å². The van der Waals surface area contributed by atoms with Crippen molar-refractivity contribution in [3.05, 3.63) is 35.4 Å². The van der Waals surface area contributed by atoms with Gasteiger partial charge in [0.2, 0.25) is 5.91 Å². The van der Waals surface area contributed by atoms with Crippen LogP contribution in [0, 0.1) is 6.92 Å². The lowest BCUT2D eigenvalue weighted by molar-refractivity contribution is -0.134. The van der Waals surface area contributed by atoms with Crippen LogP contribution in [-0.2, 0) is 4.79 Å². The molecule has 1 aromatic carbocycles. The molecule has 1 amide bonds. The zero-order valence-electron chi connectivity index (χ0n) is 12.1. The number of hydrogen-bond donors (Lipinski definition) is 1. The largest absolute Gasteiger partial charge is 0.338 e. The SMILES string of the molecule is Cc1ccc(C(C)N(C)C(=O)C2CCCCN2)cc1. The van der Waals surface area contributed by atoms with Crippen LogP contribution in [-0.4, -0.2) is 30.4 Å². The summed E-state index contributed by atoms with van der Waals surface area (Å²) < 4.78 is 0. The molecule has 1 fully saturated rings. The molecule has 2 atom stereocenters. The molecule has 2 unspecified atom stereocenters. The Hall–Kier alpha value is -1.35. The van der Waals surface area contributed by atoms with Crippen LogP contribution < -0.4 is 5.32 Å². The Morgan fingerprint density at radius 3 is 2.58 bits per heavy atom. The van der Waals surface area contributed by atoms with Gasteiger partial charge in [-0.25, -0.2) is 0 Å². The second-order valence-electron chi connectivity index (χ2n) is 5.54. The lowest BCUT2D eigenvalue weighted by Crippen LogP contribution is -2.47. The third-order valence-corrected chi connectivity index (χ3v) is 4.10. The highest BCUT2D eigenvalue weighted by atomic mass is 16.2. The molecule has 1 heterocycles. The van der Waals surface area contributed by atoms with E-state index in [1.165, 1.54) is 17.5 Å². The van der Waals surface area contributed by atoms with Crippen LogP contribution >= 0.6 is 0 Å². The van der Waals surface area contributed by atoms with Gasteiger partial charge in [0.15, 0.2) is 0 Å². The van der Waals surface area contributed by atoms with Crippen LogP contribution in [0.25, 0.3) is 0 Å². The molecule has 0 aromatic heterocycles. The molecule has 1 aliphatic heterocycles. The number of rotatable bonds is 3. The fourth-order valence-corrected chi connectivity index (χ4v) is 2.57. The summed E-state index contributed by atoms with van der Waals surface area (Å²) in [5.74, 6) is 0.216. The Morgan fingerprint density at radius 2 is 2.00 bits per heavy atom. The van der Waals surface area contributed by atoms with Crippen LogP contribution in [0.1, 0.15) is 43.4 Å². The predicted molar refractivity (Wildman–Crippen MR) is 78.0 cm³/mol. The van der Waals surface area contributed by atoms with E-state index in [1.807, 2.05) is 11.9 Å². The Labute approximate surface area is 116 Å². The molecule has 0 spiro atoms. The van der Waals surface area contributed by atoms with Gasteiger partial charge in [-0.2, -0.15) is 0 Å². The van der Waals surface area contributed by atoms with Gasteiger partial charge in [-0.15, -0.1) is 0 Å². The smallest absolute Gasteiger partial charge is 0.239 e.